The predicted molar refractivity (Wildman–Crippen MR) is 67.6 cm³/mol. The molecule has 1 aromatic heterocycles. The van der Waals surface area contributed by atoms with Gasteiger partial charge in [-0.3, -0.25) is 5.10 Å². The summed E-state index contributed by atoms with van der Waals surface area (Å²) in [4.78, 5) is -0.214. The number of nitrogens with one attached hydrogen (secondary N) is 1. The monoisotopic (exact) mass is 313 g/mol. The Balaban J connectivity index is 3.26. The van der Waals surface area contributed by atoms with E-state index in [1.165, 1.54) is 6.92 Å². The van der Waals surface area contributed by atoms with Crippen LogP contribution in [0.3, 0.4) is 0 Å². The zero-order valence-corrected chi connectivity index (χ0v) is 12.3. The van der Waals surface area contributed by atoms with E-state index >= 15 is 0 Å². The zero-order chi connectivity index (χ0) is 15.6. The van der Waals surface area contributed by atoms with Gasteiger partial charge < -0.3 is 0 Å². The fourth-order valence-corrected chi connectivity index (χ4v) is 3.89. The highest BCUT2D eigenvalue weighted by Crippen LogP contribution is 2.27. The molecule has 1 N–H and O–H groups in total. The Hall–Kier alpha value is -1.09. The Morgan fingerprint density at radius 2 is 1.90 bits per heavy atom. The molecule has 20 heavy (non-hydrogen) atoms. The third-order valence-corrected chi connectivity index (χ3v) is 5.07. The Kier molecular flexibility index (Phi) is 5.20. The molecule has 0 atom stereocenters. The Morgan fingerprint density at radius 3 is 2.25 bits per heavy atom. The first-order chi connectivity index (χ1) is 9.13. The Morgan fingerprint density at radius 1 is 1.35 bits per heavy atom. The highest BCUT2D eigenvalue weighted by atomic mass is 32.2. The van der Waals surface area contributed by atoms with E-state index in [4.69, 9.17) is 0 Å². The van der Waals surface area contributed by atoms with Gasteiger partial charge in [-0.05, 0) is 19.8 Å². The number of H-pyrrole nitrogens is 1. The van der Waals surface area contributed by atoms with Crippen molar-refractivity contribution < 1.29 is 21.6 Å². The molecule has 0 saturated heterocycles. The van der Waals surface area contributed by atoms with E-state index in [2.05, 4.69) is 10.2 Å². The smallest absolute Gasteiger partial charge is 0.281 e. The van der Waals surface area contributed by atoms with Gasteiger partial charge in [0.2, 0.25) is 10.0 Å². The third-order valence-electron chi connectivity index (χ3n) is 3.06. The van der Waals surface area contributed by atoms with Crippen molar-refractivity contribution in [1.82, 2.24) is 14.5 Å². The molecular formula is C11H18F3N3O2S. The van der Waals surface area contributed by atoms with Gasteiger partial charge in [-0.2, -0.15) is 22.6 Å². The van der Waals surface area contributed by atoms with E-state index in [0.29, 0.717) is 17.1 Å². The van der Waals surface area contributed by atoms with E-state index in [0.717, 1.165) is 6.20 Å². The number of aromatic amines is 1. The second-order valence-electron chi connectivity index (χ2n) is 4.50. The fourth-order valence-electron chi connectivity index (χ4n) is 2.01. The molecule has 0 aliphatic carbocycles. The first kappa shape index (κ1) is 17.0. The molecular weight excluding hydrogens is 295 g/mol. The van der Waals surface area contributed by atoms with E-state index < -0.39 is 28.8 Å². The molecule has 0 amide bonds. The van der Waals surface area contributed by atoms with Gasteiger partial charge in [-0.1, -0.05) is 13.8 Å². The highest BCUT2D eigenvalue weighted by Gasteiger charge is 2.40. The summed E-state index contributed by atoms with van der Waals surface area (Å²) in [5, 5.41) is 6.00. The average Bonchev–Trinajstić information content (AvgIpc) is 2.75. The molecule has 1 rings (SSSR count). The SMILES string of the molecule is CCC(CC)N(CC(F)(F)F)S(=O)(=O)c1cn[nH]c1C. The van der Waals surface area contributed by atoms with Crippen molar-refractivity contribution >= 4 is 10.0 Å². The standard InChI is InChI=1S/C11H18F3N3O2S/c1-4-9(5-2)17(7-11(12,13)14)20(18,19)10-6-15-16-8(10)3/h6,9H,4-5,7H2,1-3H3,(H,15,16). The second kappa shape index (κ2) is 6.13. The number of aromatic nitrogens is 2. The van der Waals surface area contributed by atoms with Crippen LogP contribution < -0.4 is 0 Å². The van der Waals surface area contributed by atoms with Gasteiger partial charge in [0.1, 0.15) is 11.4 Å². The van der Waals surface area contributed by atoms with E-state index in [9.17, 15) is 21.6 Å². The maximum Gasteiger partial charge on any atom is 0.402 e. The molecule has 5 nitrogen and oxygen atoms in total. The van der Waals surface area contributed by atoms with Crippen LogP contribution >= 0.6 is 0 Å². The van der Waals surface area contributed by atoms with E-state index in [1.807, 2.05) is 0 Å². The highest BCUT2D eigenvalue weighted by molar-refractivity contribution is 7.89. The maximum absolute atomic E-state index is 12.7. The zero-order valence-electron chi connectivity index (χ0n) is 11.5. The quantitative estimate of drug-likeness (QED) is 0.877. The van der Waals surface area contributed by atoms with Crippen molar-refractivity contribution in [2.45, 2.75) is 50.7 Å². The summed E-state index contributed by atoms with van der Waals surface area (Å²) < 4.78 is 63.4. The number of nitrogens with zero attached hydrogens (tertiary/aromatic N) is 2. The van der Waals surface area contributed by atoms with E-state index in [1.54, 1.807) is 13.8 Å². The topological polar surface area (TPSA) is 66.1 Å². The van der Waals surface area contributed by atoms with Crippen LogP contribution in [0.25, 0.3) is 0 Å². The van der Waals surface area contributed by atoms with E-state index in [-0.39, 0.29) is 10.6 Å². The minimum Gasteiger partial charge on any atom is -0.281 e. The maximum atomic E-state index is 12.7. The van der Waals surface area contributed by atoms with Crippen molar-refractivity contribution in [2.75, 3.05) is 6.54 Å². The average molecular weight is 313 g/mol. The third kappa shape index (κ3) is 3.72. The van der Waals surface area contributed by atoms with Gasteiger partial charge in [-0.25, -0.2) is 8.42 Å². The van der Waals surface area contributed by atoms with Crippen molar-refractivity contribution in [3.63, 3.8) is 0 Å². The lowest BCUT2D eigenvalue weighted by Gasteiger charge is -2.30. The molecule has 0 spiro atoms. The molecule has 116 valence electrons. The second-order valence-corrected chi connectivity index (χ2v) is 6.35. The lowest BCUT2D eigenvalue weighted by atomic mass is 10.2. The Labute approximate surface area is 116 Å². The van der Waals surface area contributed by atoms with Crippen LogP contribution in [0.5, 0.6) is 0 Å². The lowest BCUT2D eigenvalue weighted by Crippen LogP contribution is -2.45. The van der Waals surface area contributed by atoms with Crippen molar-refractivity contribution in [1.29, 1.82) is 0 Å². The molecule has 0 radical (unpaired) electrons. The number of halogens is 3. The molecule has 0 bridgehead atoms. The van der Waals surface area contributed by atoms with Crippen LogP contribution in [0.15, 0.2) is 11.1 Å². The molecule has 0 unspecified atom stereocenters. The van der Waals surface area contributed by atoms with Crippen LogP contribution in [0, 0.1) is 6.92 Å². The molecule has 1 heterocycles. The number of alkyl halides is 3. The molecule has 0 aliphatic rings. The van der Waals surface area contributed by atoms with Gasteiger partial charge in [0, 0.05) is 6.04 Å². The van der Waals surface area contributed by atoms with Gasteiger partial charge in [0.05, 0.1) is 11.9 Å². The van der Waals surface area contributed by atoms with Crippen molar-refractivity contribution in [2.24, 2.45) is 0 Å². The largest absolute Gasteiger partial charge is 0.402 e. The van der Waals surface area contributed by atoms with Crippen molar-refractivity contribution in [3.8, 4) is 0 Å². The molecule has 0 aliphatic heterocycles. The fraction of sp³-hybridized carbons (Fsp3) is 0.727. The summed E-state index contributed by atoms with van der Waals surface area (Å²) in [6.45, 7) is 3.29. The molecule has 0 saturated carbocycles. The number of hydrogen-bond donors (Lipinski definition) is 1. The van der Waals surface area contributed by atoms with Crippen LogP contribution in [0.4, 0.5) is 13.2 Å². The minimum absolute atomic E-state index is 0.214. The van der Waals surface area contributed by atoms with Gasteiger partial charge in [0.15, 0.2) is 0 Å². The molecule has 9 heteroatoms. The van der Waals surface area contributed by atoms with Gasteiger partial charge >= 0.3 is 6.18 Å². The first-order valence-electron chi connectivity index (χ1n) is 6.22. The molecule has 0 aromatic carbocycles. The summed E-state index contributed by atoms with van der Waals surface area (Å²) in [5.74, 6) is 0. The number of hydrogen-bond acceptors (Lipinski definition) is 3. The number of aryl methyl sites for hydroxylation is 1. The minimum atomic E-state index is -4.59. The summed E-state index contributed by atoms with van der Waals surface area (Å²) in [6.07, 6.45) is -2.94. The molecule has 0 fully saturated rings. The van der Waals surface area contributed by atoms with Crippen LogP contribution in [-0.2, 0) is 10.0 Å². The van der Waals surface area contributed by atoms with Crippen LogP contribution in [0.1, 0.15) is 32.4 Å². The predicted octanol–water partition coefficient (Wildman–Crippen LogP) is 2.46. The van der Waals surface area contributed by atoms with Crippen LogP contribution in [-0.4, -0.2) is 41.7 Å². The summed E-state index contributed by atoms with van der Waals surface area (Å²) in [6, 6.07) is -0.698. The van der Waals surface area contributed by atoms with Gasteiger partial charge in [0.25, 0.3) is 0 Å². The normalized spacial score (nSPS) is 13.4. The van der Waals surface area contributed by atoms with Crippen molar-refractivity contribution in [3.05, 3.63) is 11.9 Å². The Bertz CT molecular complexity index is 535. The number of rotatable bonds is 6. The van der Waals surface area contributed by atoms with Gasteiger partial charge in [-0.15, -0.1) is 0 Å². The summed E-state index contributed by atoms with van der Waals surface area (Å²) in [7, 11) is -4.23. The van der Waals surface area contributed by atoms with Crippen LogP contribution in [0.2, 0.25) is 0 Å². The lowest BCUT2D eigenvalue weighted by molar-refractivity contribution is -0.139. The molecule has 1 aromatic rings. The first-order valence-corrected chi connectivity index (χ1v) is 7.66. The number of sulfonamides is 1. The summed E-state index contributed by atoms with van der Waals surface area (Å²) in [5.41, 5.74) is 0.225. The summed E-state index contributed by atoms with van der Waals surface area (Å²) >= 11 is 0.